The van der Waals surface area contributed by atoms with Gasteiger partial charge in [-0.1, -0.05) is 12.1 Å². The van der Waals surface area contributed by atoms with Crippen LogP contribution in [-0.4, -0.2) is 38.3 Å². The van der Waals surface area contributed by atoms with E-state index < -0.39 is 0 Å². The monoisotopic (exact) mass is 290 g/mol. The first-order chi connectivity index (χ1) is 10.3. The van der Waals surface area contributed by atoms with Crippen molar-refractivity contribution in [3.05, 3.63) is 29.3 Å². The molecule has 0 unspecified atom stereocenters. The highest BCUT2D eigenvalue weighted by atomic mass is 16.5. The molecule has 0 bridgehead atoms. The fraction of sp³-hybridized carbons (Fsp3) is 0.588. The molecule has 1 aliphatic heterocycles. The predicted molar refractivity (Wildman–Crippen MR) is 79.0 cm³/mol. The summed E-state index contributed by atoms with van der Waals surface area (Å²) >= 11 is 0. The van der Waals surface area contributed by atoms with Gasteiger partial charge in [0.15, 0.2) is 5.78 Å². The van der Waals surface area contributed by atoms with E-state index in [-0.39, 0.29) is 11.9 Å². The standard InChI is InChI=1S/C17H22O4/c18-16-7-1-6-15-14(16)5-2-8-17(15)21-11-10-19-12-13-4-3-9-20-13/h2,5,8,13H,1,3-4,6-7,9-12H2/t13-/m1/s1. The summed E-state index contributed by atoms with van der Waals surface area (Å²) in [6, 6.07) is 5.74. The fourth-order valence-electron chi connectivity index (χ4n) is 2.98. The van der Waals surface area contributed by atoms with Crippen molar-refractivity contribution in [2.24, 2.45) is 0 Å². The minimum Gasteiger partial charge on any atom is -0.491 e. The molecule has 1 fully saturated rings. The average molecular weight is 290 g/mol. The molecule has 3 rings (SSSR count). The van der Waals surface area contributed by atoms with E-state index in [0.717, 1.165) is 49.2 Å². The third-order valence-electron chi connectivity index (χ3n) is 4.08. The van der Waals surface area contributed by atoms with Gasteiger partial charge in [0.25, 0.3) is 0 Å². The zero-order chi connectivity index (χ0) is 14.5. The molecular formula is C17H22O4. The van der Waals surface area contributed by atoms with Crippen LogP contribution in [-0.2, 0) is 15.9 Å². The van der Waals surface area contributed by atoms with Gasteiger partial charge in [-0.3, -0.25) is 4.79 Å². The van der Waals surface area contributed by atoms with E-state index in [9.17, 15) is 4.79 Å². The van der Waals surface area contributed by atoms with Crippen LogP contribution >= 0.6 is 0 Å². The SMILES string of the molecule is O=C1CCCc2c(OCCOC[C@H]3CCCO3)cccc21. The van der Waals surface area contributed by atoms with Crippen molar-refractivity contribution >= 4 is 5.78 Å². The predicted octanol–water partition coefficient (Wildman–Crippen LogP) is 2.78. The van der Waals surface area contributed by atoms with Crippen LogP contribution in [0.1, 0.15) is 41.6 Å². The van der Waals surface area contributed by atoms with Crippen molar-refractivity contribution in [3.8, 4) is 5.75 Å². The zero-order valence-corrected chi connectivity index (χ0v) is 12.3. The van der Waals surface area contributed by atoms with Crippen molar-refractivity contribution in [2.75, 3.05) is 26.4 Å². The molecule has 1 atom stereocenters. The first-order valence-electron chi connectivity index (χ1n) is 7.82. The van der Waals surface area contributed by atoms with Gasteiger partial charge >= 0.3 is 0 Å². The van der Waals surface area contributed by atoms with Crippen molar-refractivity contribution in [2.45, 2.75) is 38.2 Å². The summed E-state index contributed by atoms with van der Waals surface area (Å²) in [5, 5.41) is 0. The van der Waals surface area contributed by atoms with Gasteiger partial charge < -0.3 is 14.2 Å². The topological polar surface area (TPSA) is 44.8 Å². The van der Waals surface area contributed by atoms with Crippen LogP contribution in [0.5, 0.6) is 5.75 Å². The minimum absolute atomic E-state index is 0.233. The first-order valence-corrected chi connectivity index (χ1v) is 7.82. The van der Waals surface area contributed by atoms with Crippen LogP contribution in [0.15, 0.2) is 18.2 Å². The van der Waals surface area contributed by atoms with Gasteiger partial charge in [0.2, 0.25) is 0 Å². The van der Waals surface area contributed by atoms with Crippen LogP contribution in [0.25, 0.3) is 0 Å². The Bertz CT molecular complexity index is 492. The second-order valence-electron chi connectivity index (χ2n) is 5.62. The molecule has 0 aromatic heterocycles. The van der Waals surface area contributed by atoms with E-state index >= 15 is 0 Å². The lowest BCUT2D eigenvalue weighted by Crippen LogP contribution is -2.18. The van der Waals surface area contributed by atoms with Crippen LogP contribution in [0.2, 0.25) is 0 Å². The maximum Gasteiger partial charge on any atom is 0.163 e. The Labute approximate surface area is 125 Å². The molecule has 4 heteroatoms. The molecule has 1 heterocycles. The van der Waals surface area contributed by atoms with Gasteiger partial charge in [0, 0.05) is 24.2 Å². The molecule has 1 aromatic rings. The first kappa shape index (κ1) is 14.5. The van der Waals surface area contributed by atoms with Crippen molar-refractivity contribution in [3.63, 3.8) is 0 Å². The number of carbonyl (C=O) groups excluding carboxylic acids is 1. The number of Topliss-reactive ketones (excluding diaryl/α,β-unsaturated/α-hetero) is 1. The summed E-state index contributed by atoms with van der Waals surface area (Å²) in [7, 11) is 0. The Balaban J connectivity index is 1.47. The summed E-state index contributed by atoms with van der Waals surface area (Å²) in [5.41, 5.74) is 1.90. The van der Waals surface area contributed by atoms with Crippen LogP contribution in [0.3, 0.4) is 0 Å². The van der Waals surface area contributed by atoms with E-state index in [2.05, 4.69) is 0 Å². The van der Waals surface area contributed by atoms with Gasteiger partial charge in [0.05, 0.1) is 19.3 Å². The van der Waals surface area contributed by atoms with E-state index in [1.165, 1.54) is 0 Å². The lowest BCUT2D eigenvalue weighted by molar-refractivity contribution is 0.00844. The summed E-state index contributed by atoms with van der Waals surface area (Å²) in [5.74, 6) is 1.07. The van der Waals surface area contributed by atoms with Gasteiger partial charge in [-0.15, -0.1) is 0 Å². The number of ether oxygens (including phenoxy) is 3. The molecule has 0 N–H and O–H groups in total. The molecule has 0 saturated carbocycles. The van der Waals surface area contributed by atoms with Crippen molar-refractivity contribution in [1.82, 2.24) is 0 Å². The zero-order valence-electron chi connectivity index (χ0n) is 12.3. The van der Waals surface area contributed by atoms with Gasteiger partial charge in [-0.2, -0.15) is 0 Å². The lowest BCUT2D eigenvalue weighted by Gasteiger charge is -2.18. The van der Waals surface area contributed by atoms with Gasteiger partial charge in [0.1, 0.15) is 12.4 Å². The van der Waals surface area contributed by atoms with E-state index in [1.54, 1.807) is 0 Å². The Hall–Kier alpha value is -1.39. The fourth-order valence-corrected chi connectivity index (χ4v) is 2.98. The molecule has 0 spiro atoms. The highest BCUT2D eigenvalue weighted by Gasteiger charge is 2.20. The summed E-state index contributed by atoms with van der Waals surface area (Å²) in [6.45, 7) is 2.57. The third-order valence-corrected chi connectivity index (χ3v) is 4.08. The molecule has 21 heavy (non-hydrogen) atoms. The van der Waals surface area contributed by atoms with Crippen LogP contribution < -0.4 is 4.74 Å². The van der Waals surface area contributed by atoms with Crippen LogP contribution in [0.4, 0.5) is 0 Å². The number of benzene rings is 1. The minimum atomic E-state index is 0.233. The Morgan fingerprint density at radius 1 is 1.19 bits per heavy atom. The van der Waals surface area contributed by atoms with Crippen LogP contribution in [0, 0.1) is 0 Å². The lowest BCUT2D eigenvalue weighted by atomic mass is 9.90. The second kappa shape index (κ2) is 7.05. The van der Waals surface area contributed by atoms with E-state index in [4.69, 9.17) is 14.2 Å². The number of carbonyl (C=O) groups is 1. The summed E-state index contributed by atoms with van der Waals surface area (Å²) < 4.78 is 16.9. The van der Waals surface area contributed by atoms with E-state index in [0.29, 0.717) is 26.2 Å². The number of fused-ring (bicyclic) bond motifs is 1. The smallest absolute Gasteiger partial charge is 0.163 e. The summed E-state index contributed by atoms with van der Waals surface area (Å²) in [6.07, 6.45) is 4.98. The maximum atomic E-state index is 11.9. The van der Waals surface area contributed by atoms with Gasteiger partial charge in [-0.25, -0.2) is 0 Å². The number of hydrogen-bond acceptors (Lipinski definition) is 4. The molecule has 1 aliphatic carbocycles. The largest absolute Gasteiger partial charge is 0.491 e. The molecule has 1 saturated heterocycles. The second-order valence-corrected chi connectivity index (χ2v) is 5.62. The van der Waals surface area contributed by atoms with Crippen molar-refractivity contribution < 1.29 is 19.0 Å². The molecule has 114 valence electrons. The quantitative estimate of drug-likeness (QED) is 0.756. The highest BCUT2D eigenvalue weighted by molar-refractivity contribution is 5.99. The number of hydrogen-bond donors (Lipinski definition) is 0. The Morgan fingerprint density at radius 2 is 2.14 bits per heavy atom. The maximum absolute atomic E-state index is 11.9. The molecular weight excluding hydrogens is 268 g/mol. The molecule has 1 aromatic carbocycles. The van der Waals surface area contributed by atoms with Gasteiger partial charge in [-0.05, 0) is 31.7 Å². The molecule has 0 radical (unpaired) electrons. The number of ketones is 1. The van der Waals surface area contributed by atoms with Crippen molar-refractivity contribution in [1.29, 1.82) is 0 Å². The Kier molecular flexibility index (Phi) is 4.88. The normalized spacial score (nSPS) is 21.3. The third kappa shape index (κ3) is 3.63. The van der Waals surface area contributed by atoms with E-state index in [1.807, 2.05) is 18.2 Å². The number of rotatable bonds is 6. The molecule has 2 aliphatic rings. The molecule has 0 amide bonds. The summed E-state index contributed by atoms with van der Waals surface area (Å²) in [4.78, 5) is 11.9. The Morgan fingerprint density at radius 3 is 3.00 bits per heavy atom. The average Bonchev–Trinajstić information content (AvgIpc) is 3.01. The molecule has 4 nitrogen and oxygen atoms in total. The highest BCUT2D eigenvalue weighted by Crippen LogP contribution is 2.29.